The van der Waals surface area contributed by atoms with Crippen molar-refractivity contribution in [2.45, 2.75) is 56.4 Å². The summed E-state index contributed by atoms with van der Waals surface area (Å²) in [5.74, 6) is 6.46. The molecule has 0 unspecified atom stereocenters. The number of esters is 1. The second-order valence-electron chi connectivity index (χ2n) is 6.81. The van der Waals surface area contributed by atoms with Crippen LogP contribution >= 0.6 is 0 Å². The number of methoxy groups -OCH3 is 2. The Labute approximate surface area is 151 Å². The van der Waals surface area contributed by atoms with Gasteiger partial charge >= 0.3 is 5.97 Å². The third-order valence-corrected chi connectivity index (χ3v) is 4.91. The molecule has 0 saturated heterocycles. The second-order valence-corrected chi connectivity index (χ2v) is 6.81. The Bertz CT molecular complexity index is 614. The first kappa shape index (κ1) is 19.5. The van der Waals surface area contributed by atoms with Crippen molar-refractivity contribution < 1.29 is 14.3 Å². The third-order valence-electron chi connectivity index (χ3n) is 4.91. The normalized spacial score (nSPS) is 22.3. The number of rotatable bonds is 7. The third kappa shape index (κ3) is 5.59. The first-order valence-electron chi connectivity index (χ1n) is 9.04. The molecule has 1 aromatic carbocycles. The Kier molecular flexibility index (Phi) is 7.49. The molecule has 1 fully saturated rings. The summed E-state index contributed by atoms with van der Waals surface area (Å²) in [6, 6.07) is 8.33. The summed E-state index contributed by atoms with van der Waals surface area (Å²) in [6.45, 7) is 0.829. The molecule has 0 aromatic heterocycles. The highest BCUT2D eigenvalue weighted by atomic mass is 16.5. The summed E-state index contributed by atoms with van der Waals surface area (Å²) in [7, 11) is 3.13. The first-order valence-corrected chi connectivity index (χ1v) is 9.04. The van der Waals surface area contributed by atoms with E-state index < -0.39 is 5.54 Å². The molecular formula is C21H29NO3. The minimum atomic E-state index is -0.833. The Morgan fingerprint density at radius 3 is 2.68 bits per heavy atom. The number of carbonyl (C=O) groups is 1. The van der Waals surface area contributed by atoms with Crippen LogP contribution in [0.2, 0.25) is 0 Å². The maximum atomic E-state index is 11.8. The topological polar surface area (TPSA) is 61.5 Å². The van der Waals surface area contributed by atoms with Crippen molar-refractivity contribution in [1.29, 1.82) is 0 Å². The summed E-state index contributed by atoms with van der Waals surface area (Å²) in [5.41, 5.74) is 7.61. The van der Waals surface area contributed by atoms with Gasteiger partial charge in [-0.25, -0.2) is 0 Å². The van der Waals surface area contributed by atoms with Gasteiger partial charge in [0.25, 0.3) is 0 Å². The zero-order chi connectivity index (χ0) is 18.1. The summed E-state index contributed by atoms with van der Waals surface area (Å²) in [6.07, 6.45) is 6.53. The molecule has 2 rings (SSSR count). The van der Waals surface area contributed by atoms with Crippen LogP contribution in [0.4, 0.5) is 0 Å². The lowest BCUT2D eigenvalue weighted by Crippen LogP contribution is -2.46. The maximum absolute atomic E-state index is 11.8. The van der Waals surface area contributed by atoms with Crippen molar-refractivity contribution in [3.8, 4) is 11.8 Å². The lowest BCUT2D eigenvalue weighted by atomic mass is 9.92. The SMILES string of the molecule is COCCCCCC#Cc1ccc([C@H]2CC[C@](N)(C(=O)OC)C2)cc1. The van der Waals surface area contributed by atoms with Crippen LogP contribution in [0, 0.1) is 11.8 Å². The van der Waals surface area contributed by atoms with Gasteiger partial charge in [-0.1, -0.05) is 30.4 Å². The fourth-order valence-corrected chi connectivity index (χ4v) is 3.39. The Morgan fingerprint density at radius 2 is 2.00 bits per heavy atom. The molecule has 0 radical (unpaired) electrons. The molecule has 1 aromatic rings. The van der Waals surface area contributed by atoms with Gasteiger partial charge in [-0.15, -0.1) is 0 Å². The average molecular weight is 343 g/mol. The number of ether oxygens (including phenoxy) is 2. The van der Waals surface area contributed by atoms with Gasteiger partial charge < -0.3 is 15.2 Å². The van der Waals surface area contributed by atoms with Crippen LogP contribution in [-0.4, -0.2) is 32.3 Å². The minimum absolute atomic E-state index is 0.303. The van der Waals surface area contributed by atoms with Gasteiger partial charge in [0.05, 0.1) is 7.11 Å². The molecule has 1 aliphatic carbocycles. The predicted octanol–water partition coefficient (Wildman–Crippen LogP) is 3.38. The van der Waals surface area contributed by atoms with E-state index in [-0.39, 0.29) is 5.97 Å². The van der Waals surface area contributed by atoms with E-state index >= 15 is 0 Å². The van der Waals surface area contributed by atoms with Crippen molar-refractivity contribution in [3.63, 3.8) is 0 Å². The van der Waals surface area contributed by atoms with Crippen LogP contribution in [0.1, 0.15) is 62.0 Å². The molecule has 1 aliphatic rings. The molecule has 25 heavy (non-hydrogen) atoms. The van der Waals surface area contributed by atoms with Crippen LogP contribution in [0.3, 0.4) is 0 Å². The number of unbranched alkanes of at least 4 members (excludes halogenated alkanes) is 3. The number of benzene rings is 1. The monoisotopic (exact) mass is 343 g/mol. The van der Waals surface area contributed by atoms with E-state index in [9.17, 15) is 4.79 Å². The number of carbonyl (C=O) groups excluding carboxylic acids is 1. The average Bonchev–Trinajstić information content (AvgIpc) is 3.04. The Hall–Kier alpha value is -1.83. The van der Waals surface area contributed by atoms with E-state index in [1.54, 1.807) is 7.11 Å². The zero-order valence-electron chi connectivity index (χ0n) is 15.3. The van der Waals surface area contributed by atoms with Gasteiger partial charge in [0.15, 0.2) is 0 Å². The Morgan fingerprint density at radius 1 is 1.24 bits per heavy atom. The van der Waals surface area contributed by atoms with Crippen molar-refractivity contribution >= 4 is 5.97 Å². The standard InChI is InChI=1S/C21H29NO3/c1-24-15-7-5-3-4-6-8-17-9-11-18(12-10-17)19-13-14-21(22,16-19)20(23)25-2/h9-12,19H,3-5,7,13-16,22H2,1-2H3/t19-,21+/m0/s1. The molecule has 0 heterocycles. The maximum Gasteiger partial charge on any atom is 0.325 e. The van der Waals surface area contributed by atoms with E-state index in [4.69, 9.17) is 15.2 Å². The van der Waals surface area contributed by atoms with E-state index in [1.807, 2.05) is 0 Å². The first-order chi connectivity index (χ1) is 12.1. The lowest BCUT2D eigenvalue weighted by molar-refractivity contribution is -0.146. The quantitative estimate of drug-likeness (QED) is 0.468. The molecule has 2 N–H and O–H groups in total. The van der Waals surface area contributed by atoms with Gasteiger partial charge in [0, 0.05) is 25.7 Å². The molecule has 2 atom stereocenters. The Balaban J connectivity index is 1.84. The van der Waals surface area contributed by atoms with Crippen LogP contribution in [-0.2, 0) is 14.3 Å². The summed E-state index contributed by atoms with van der Waals surface area (Å²) >= 11 is 0. The molecule has 4 nitrogen and oxygen atoms in total. The smallest absolute Gasteiger partial charge is 0.325 e. The van der Waals surface area contributed by atoms with E-state index in [0.29, 0.717) is 18.8 Å². The molecule has 4 heteroatoms. The fraction of sp³-hybridized carbons (Fsp3) is 0.571. The van der Waals surface area contributed by atoms with E-state index in [2.05, 4.69) is 36.1 Å². The van der Waals surface area contributed by atoms with Gasteiger partial charge in [0.2, 0.25) is 0 Å². The molecule has 1 saturated carbocycles. The molecular weight excluding hydrogens is 314 g/mol. The minimum Gasteiger partial charge on any atom is -0.468 e. The van der Waals surface area contributed by atoms with Gasteiger partial charge in [0.1, 0.15) is 5.54 Å². The van der Waals surface area contributed by atoms with E-state index in [0.717, 1.165) is 44.3 Å². The van der Waals surface area contributed by atoms with Gasteiger partial charge in [-0.3, -0.25) is 4.79 Å². The van der Waals surface area contributed by atoms with Gasteiger partial charge in [-0.2, -0.15) is 0 Å². The van der Waals surface area contributed by atoms with Crippen molar-refractivity contribution in [2.24, 2.45) is 5.73 Å². The summed E-state index contributed by atoms with van der Waals surface area (Å²) < 4.78 is 9.87. The van der Waals surface area contributed by atoms with Crippen LogP contribution in [0.15, 0.2) is 24.3 Å². The molecule has 0 aliphatic heterocycles. The van der Waals surface area contributed by atoms with Crippen LogP contribution < -0.4 is 5.73 Å². The lowest BCUT2D eigenvalue weighted by Gasteiger charge is -2.20. The van der Waals surface area contributed by atoms with Crippen molar-refractivity contribution in [3.05, 3.63) is 35.4 Å². The van der Waals surface area contributed by atoms with Crippen LogP contribution in [0.25, 0.3) is 0 Å². The highest BCUT2D eigenvalue weighted by Gasteiger charge is 2.43. The summed E-state index contributed by atoms with van der Waals surface area (Å²) in [4.78, 5) is 11.8. The largest absolute Gasteiger partial charge is 0.468 e. The fourth-order valence-electron chi connectivity index (χ4n) is 3.39. The number of hydrogen-bond donors (Lipinski definition) is 1. The highest BCUT2D eigenvalue weighted by Crippen LogP contribution is 2.40. The zero-order valence-corrected chi connectivity index (χ0v) is 15.3. The van der Waals surface area contributed by atoms with Crippen molar-refractivity contribution in [2.75, 3.05) is 20.8 Å². The number of hydrogen-bond acceptors (Lipinski definition) is 4. The highest BCUT2D eigenvalue weighted by molar-refractivity contribution is 5.81. The number of nitrogens with two attached hydrogens (primary N) is 1. The van der Waals surface area contributed by atoms with Crippen LogP contribution in [0.5, 0.6) is 0 Å². The summed E-state index contributed by atoms with van der Waals surface area (Å²) in [5, 5.41) is 0. The van der Waals surface area contributed by atoms with Crippen molar-refractivity contribution in [1.82, 2.24) is 0 Å². The second kappa shape index (κ2) is 9.60. The molecule has 0 bridgehead atoms. The molecule has 136 valence electrons. The molecule has 0 spiro atoms. The van der Waals surface area contributed by atoms with Gasteiger partial charge in [-0.05, 0) is 55.7 Å². The molecule has 0 amide bonds. The predicted molar refractivity (Wildman–Crippen MR) is 99.2 cm³/mol. The van der Waals surface area contributed by atoms with E-state index in [1.165, 1.54) is 12.7 Å².